The first kappa shape index (κ1) is 77.2. The average molecular weight is 1130 g/mol. The maximum atomic E-state index is 13.0. The van der Waals surface area contributed by atoms with Gasteiger partial charge in [-0.05, 0) is 70.6 Å². The lowest BCUT2D eigenvalue weighted by atomic mass is 10.0. The van der Waals surface area contributed by atoms with E-state index in [2.05, 4.69) is 67.8 Å². The Hall–Kier alpha value is -1.80. The number of hydrogen-bond donors (Lipinski definition) is 2. The molecule has 1 amide bonds. The molecule has 0 fully saturated rings. The molecule has 0 aromatic rings. The van der Waals surface area contributed by atoms with Gasteiger partial charge in [-0.25, -0.2) is 0 Å². The van der Waals surface area contributed by atoms with Gasteiger partial charge in [0.15, 0.2) is 0 Å². The van der Waals surface area contributed by atoms with E-state index in [1.54, 1.807) is 6.08 Å². The standard InChI is InChI=1S/C70H133N2O6P/c1-6-8-10-12-14-16-18-20-22-24-26-28-30-32-33-34-35-36-37-38-40-41-43-45-47-49-51-53-55-57-59-61-63-69(73)68(67-78-79(75,76)77-66-65-72(3,4)5)71-70(74)64-62-60-58-56-54-52-50-48-46-44-42-39-31-29-27-25-23-21-19-17-15-13-11-9-7-2/h19,21,25,27,31,39,53,55,61,63,68-69,73H,6-18,20,22-24,26,28-30,32-38,40-52,54,56-60,62,64-67H2,1-5H3,(H-,71,74,75,76)/b21-19-,27-25-,39-31-,55-53+,63-61+. The monoisotopic (exact) mass is 1130 g/mol. The summed E-state index contributed by atoms with van der Waals surface area (Å²) in [4.78, 5) is 25.6. The summed E-state index contributed by atoms with van der Waals surface area (Å²) >= 11 is 0. The maximum Gasteiger partial charge on any atom is 0.268 e. The van der Waals surface area contributed by atoms with Crippen molar-refractivity contribution in [3.05, 3.63) is 60.8 Å². The Labute approximate surface area is 492 Å². The number of quaternary nitrogens is 1. The van der Waals surface area contributed by atoms with Crippen LogP contribution in [-0.2, 0) is 18.4 Å². The van der Waals surface area contributed by atoms with Gasteiger partial charge in [0.25, 0.3) is 7.82 Å². The Morgan fingerprint density at radius 2 is 0.747 bits per heavy atom. The minimum Gasteiger partial charge on any atom is -0.756 e. The average Bonchev–Trinajstić information content (AvgIpc) is 3.42. The number of amides is 1. The molecule has 0 spiro atoms. The van der Waals surface area contributed by atoms with E-state index >= 15 is 0 Å². The molecule has 0 rings (SSSR count). The van der Waals surface area contributed by atoms with Crippen LogP contribution in [-0.4, -0.2) is 68.5 Å². The fourth-order valence-electron chi connectivity index (χ4n) is 10.1. The number of phosphoric acid groups is 1. The molecule has 0 heterocycles. The largest absolute Gasteiger partial charge is 0.756 e. The predicted octanol–water partition coefficient (Wildman–Crippen LogP) is 21.0. The van der Waals surface area contributed by atoms with Gasteiger partial charge in [0, 0.05) is 6.42 Å². The summed E-state index contributed by atoms with van der Waals surface area (Å²) in [5, 5.41) is 13.9. The van der Waals surface area contributed by atoms with Gasteiger partial charge in [0.2, 0.25) is 5.91 Å². The lowest BCUT2D eigenvalue weighted by Gasteiger charge is -2.29. The molecule has 0 aliphatic rings. The van der Waals surface area contributed by atoms with Crippen LogP contribution in [0.4, 0.5) is 0 Å². The van der Waals surface area contributed by atoms with Crippen LogP contribution in [0, 0.1) is 0 Å². The molecule has 0 aliphatic carbocycles. The van der Waals surface area contributed by atoms with Crippen molar-refractivity contribution in [1.29, 1.82) is 0 Å². The zero-order valence-electron chi connectivity index (χ0n) is 53.1. The molecule has 8 nitrogen and oxygen atoms in total. The van der Waals surface area contributed by atoms with Crippen LogP contribution in [0.1, 0.15) is 328 Å². The summed E-state index contributed by atoms with van der Waals surface area (Å²) in [5.74, 6) is -0.209. The van der Waals surface area contributed by atoms with Crippen molar-refractivity contribution in [2.45, 2.75) is 341 Å². The molecule has 0 saturated heterocycles. The number of unbranched alkanes of at least 4 members (excludes halogenated alkanes) is 42. The van der Waals surface area contributed by atoms with Crippen molar-refractivity contribution in [2.24, 2.45) is 0 Å². The van der Waals surface area contributed by atoms with Gasteiger partial charge in [-0.2, -0.15) is 0 Å². The third kappa shape index (κ3) is 63.6. The van der Waals surface area contributed by atoms with Crippen molar-refractivity contribution in [1.82, 2.24) is 5.32 Å². The van der Waals surface area contributed by atoms with Crippen molar-refractivity contribution in [3.63, 3.8) is 0 Å². The molecular formula is C70H133N2O6P. The van der Waals surface area contributed by atoms with Crippen LogP contribution in [0.3, 0.4) is 0 Å². The first-order chi connectivity index (χ1) is 38.5. The Kier molecular flexibility index (Phi) is 59.4. The van der Waals surface area contributed by atoms with Crippen molar-refractivity contribution >= 4 is 13.7 Å². The second-order valence-corrected chi connectivity index (χ2v) is 25.9. The van der Waals surface area contributed by atoms with Crippen molar-refractivity contribution in [3.8, 4) is 0 Å². The quantitative estimate of drug-likeness (QED) is 0.0272. The molecule has 0 aromatic heterocycles. The Morgan fingerprint density at radius 1 is 0.443 bits per heavy atom. The molecule has 0 aliphatic heterocycles. The summed E-state index contributed by atoms with van der Waals surface area (Å²) in [5.41, 5.74) is 0. The number of nitrogens with one attached hydrogen (secondary N) is 1. The molecule has 464 valence electrons. The molecule has 79 heavy (non-hydrogen) atoms. The highest BCUT2D eigenvalue weighted by molar-refractivity contribution is 7.45. The van der Waals surface area contributed by atoms with Gasteiger partial charge in [0.05, 0.1) is 39.9 Å². The molecule has 0 bridgehead atoms. The zero-order valence-corrected chi connectivity index (χ0v) is 54.0. The normalized spacial score (nSPS) is 14.1. The zero-order chi connectivity index (χ0) is 57.7. The number of allylic oxidation sites excluding steroid dienone is 9. The van der Waals surface area contributed by atoms with Crippen LogP contribution in [0.5, 0.6) is 0 Å². The topological polar surface area (TPSA) is 108 Å². The number of aliphatic hydroxyl groups excluding tert-OH is 1. The van der Waals surface area contributed by atoms with Crippen LogP contribution < -0.4 is 10.2 Å². The number of likely N-dealkylation sites (N-methyl/N-ethyl adjacent to an activating group) is 1. The third-order valence-electron chi connectivity index (χ3n) is 15.4. The molecule has 2 N–H and O–H groups in total. The highest BCUT2D eigenvalue weighted by Gasteiger charge is 2.23. The number of aliphatic hydroxyl groups is 1. The van der Waals surface area contributed by atoms with E-state index in [0.29, 0.717) is 17.4 Å². The van der Waals surface area contributed by atoms with E-state index in [0.717, 1.165) is 51.4 Å². The Balaban J connectivity index is 4.13. The minimum atomic E-state index is -4.61. The summed E-state index contributed by atoms with van der Waals surface area (Å²) in [7, 11) is 1.25. The first-order valence-corrected chi connectivity index (χ1v) is 35.6. The Bertz CT molecular complexity index is 1470. The van der Waals surface area contributed by atoms with Crippen molar-refractivity contribution < 1.29 is 32.9 Å². The van der Waals surface area contributed by atoms with Gasteiger partial charge in [-0.15, -0.1) is 0 Å². The summed E-state index contributed by atoms with van der Waals surface area (Å²) in [6, 6.07) is -0.910. The Morgan fingerprint density at radius 3 is 1.11 bits per heavy atom. The molecule has 0 aromatic carbocycles. The lowest BCUT2D eigenvalue weighted by molar-refractivity contribution is -0.870. The van der Waals surface area contributed by atoms with Gasteiger partial charge < -0.3 is 28.8 Å². The van der Waals surface area contributed by atoms with Crippen LogP contribution in [0.2, 0.25) is 0 Å². The van der Waals surface area contributed by atoms with Gasteiger partial charge in [-0.3, -0.25) is 9.36 Å². The van der Waals surface area contributed by atoms with Gasteiger partial charge in [0.1, 0.15) is 13.2 Å². The number of phosphoric ester groups is 1. The predicted molar refractivity (Wildman–Crippen MR) is 344 cm³/mol. The van der Waals surface area contributed by atoms with Crippen LogP contribution in [0.25, 0.3) is 0 Å². The SMILES string of the molecule is CCCCCCC/C=C\C/C=C\C/C=C\CCCCCCCCCCCCC(=O)NC(COP(=O)([O-])OCC[N+](C)(C)C)C(O)/C=C/CC/C=C/CCCCCCCCCCCCCCCCCCCCCCCCCCCC. The fraction of sp³-hybridized carbons (Fsp3) is 0.843. The third-order valence-corrected chi connectivity index (χ3v) is 16.4. The van der Waals surface area contributed by atoms with E-state index in [1.807, 2.05) is 27.2 Å². The molecule has 0 radical (unpaired) electrons. The summed E-state index contributed by atoms with van der Waals surface area (Å²) in [6.07, 6.45) is 83.4. The summed E-state index contributed by atoms with van der Waals surface area (Å²) < 4.78 is 23.4. The molecule has 3 unspecified atom stereocenters. The molecular weight excluding hydrogens is 996 g/mol. The smallest absolute Gasteiger partial charge is 0.268 e. The van der Waals surface area contributed by atoms with Crippen LogP contribution in [0.15, 0.2) is 60.8 Å². The lowest BCUT2D eigenvalue weighted by Crippen LogP contribution is -2.45. The van der Waals surface area contributed by atoms with E-state index in [-0.39, 0.29) is 12.5 Å². The summed E-state index contributed by atoms with van der Waals surface area (Å²) in [6.45, 7) is 4.65. The van der Waals surface area contributed by atoms with Gasteiger partial charge >= 0.3 is 0 Å². The first-order valence-electron chi connectivity index (χ1n) is 34.2. The van der Waals surface area contributed by atoms with E-state index in [1.165, 1.54) is 257 Å². The maximum absolute atomic E-state index is 13.0. The van der Waals surface area contributed by atoms with E-state index in [9.17, 15) is 19.4 Å². The molecule has 3 atom stereocenters. The van der Waals surface area contributed by atoms with E-state index in [4.69, 9.17) is 9.05 Å². The molecule has 0 saturated carbocycles. The number of carbonyl (C=O) groups excluding carboxylic acids is 1. The number of rotatable bonds is 63. The van der Waals surface area contributed by atoms with Crippen LogP contribution >= 0.6 is 7.82 Å². The molecule has 9 heteroatoms. The number of hydrogen-bond acceptors (Lipinski definition) is 6. The fourth-order valence-corrected chi connectivity index (χ4v) is 10.8. The number of nitrogens with zero attached hydrogens (tertiary/aromatic N) is 1. The minimum absolute atomic E-state index is 0.00856. The highest BCUT2D eigenvalue weighted by Crippen LogP contribution is 2.38. The van der Waals surface area contributed by atoms with E-state index < -0.39 is 26.6 Å². The van der Waals surface area contributed by atoms with Gasteiger partial charge in [-0.1, -0.05) is 312 Å². The number of carbonyl (C=O) groups is 1. The second-order valence-electron chi connectivity index (χ2n) is 24.5. The van der Waals surface area contributed by atoms with Crippen molar-refractivity contribution in [2.75, 3.05) is 40.9 Å². The highest BCUT2D eigenvalue weighted by atomic mass is 31.2. The second kappa shape index (κ2) is 60.8.